The van der Waals surface area contributed by atoms with Gasteiger partial charge in [0, 0.05) is 30.8 Å². The zero-order valence-electron chi connectivity index (χ0n) is 12.2. The molecule has 1 aliphatic heterocycles. The molecule has 0 spiro atoms. The number of Topliss-reactive ketones (excluding diaryl/α,β-unsaturated/α-hetero) is 1. The van der Waals surface area contributed by atoms with Crippen LogP contribution in [-0.2, 0) is 4.74 Å². The summed E-state index contributed by atoms with van der Waals surface area (Å²) in [7, 11) is 0. The second-order valence-corrected chi connectivity index (χ2v) is 5.19. The Balaban J connectivity index is 1.98. The lowest BCUT2D eigenvalue weighted by Gasteiger charge is -2.22. The highest BCUT2D eigenvalue weighted by atomic mass is 16.6. The second kappa shape index (κ2) is 7.28. The Hall–Kier alpha value is -1.79. The third-order valence-corrected chi connectivity index (χ3v) is 3.68. The lowest BCUT2D eigenvalue weighted by Crippen LogP contribution is -2.36. The lowest BCUT2D eigenvalue weighted by atomic mass is 10.1. The fraction of sp³-hybridized carbons (Fsp3) is 0.533. The summed E-state index contributed by atoms with van der Waals surface area (Å²) in [6.07, 6.45) is 2.30. The molecule has 0 radical (unpaired) electrons. The summed E-state index contributed by atoms with van der Waals surface area (Å²) < 4.78 is 5.58. The van der Waals surface area contributed by atoms with Crippen molar-refractivity contribution in [3.63, 3.8) is 0 Å². The monoisotopic (exact) mass is 292 g/mol. The number of ether oxygens (including phenoxy) is 1. The van der Waals surface area contributed by atoms with Gasteiger partial charge in [-0.15, -0.1) is 0 Å². The van der Waals surface area contributed by atoms with E-state index in [1.807, 2.05) is 11.8 Å². The maximum absolute atomic E-state index is 12.3. The molecule has 1 fully saturated rings. The van der Waals surface area contributed by atoms with Crippen LogP contribution in [0.25, 0.3) is 0 Å². The molecule has 1 aromatic carbocycles. The van der Waals surface area contributed by atoms with E-state index in [0.717, 1.165) is 32.5 Å². The van der Waals surface area contributed by atoms with Gasteiger partial charge in [0.25, 0.3) is 5.69 Å². The van der Waals surface area contributed by atoms with Crippen LogP contribution in [0.4, 0.5) is 5.69 Å². The zero-order valence-corrected chi connectivity index (χ0v) is 12.2. The van der Waals surface area contributed by atoms with Gasteiger partial charge in [-0.1, -0.05) is 19.1 Å². The first kappa shape index (κ1) is 15.6. The lowest BCUT2D eigenvalue weighted by molar-refractivity contribution is -0.384. The molecule has 6 nitrogen and oxygen atoms in total. The van der Waals surface area contributed by atoms with Gasteiger partial charge in [0.15, 0.2) is 5.78 Å². The number of nitro benzene ring substituents is 1. The first-order chi connectivity index (χ1) is 10.1. The zero-order chi connectivity index (χ0) is 15.2. The van der Waals surface area contributed by atoms with Gasteiger partial charge in [0.2, 0.25) is 0 Å². The van der Waals surface area contributed by atoms with Crippen molar-refractivity contribution in [3.8, 4) is 0 Å². The van der Waals surface area contributed by atoms with Gasteiger partial charge in [0.1, 0.15) is 0 Å². The highest BCUT2D eigenvalue weighted by Crippen LogP contribution is 2.16. The number of hydrogen-bond donors (Lipinski definition) is 0. The predicted octanol–water partition coefficient (Wildman–Crippen LogP) is 2.28. The van der Waals surface area contributed by atoms with Crippen molar-refractivity contribution < 1.29 is 14.5 Å². The summed E-state index contributed by atoms with van der Waals surface area (Å²) in [5.41, 5.74) is 0.331. The molecular formula is C15H20N2O4. The largest absolute Gasteiger partial charge is 0.377 e. The molecule has 0 N–H and O–H groups in total. The Labute approximate surface area is 123 Å². The molecule has 2 rings (SSSR count). The van der Waals surface area contributed by atoms with Crippen molar-refractivity contribution in [2.45, 2.75) is 25.9 Å². The Morgan fingerprint density at radius 1 is 1.52 bits per heavy atom. The minimum atomic E-state index is -0.485. The SMILES string of the molecule is CCN(CC(=O)c1cccc([N+](=O)[O-])c1)CC1CCCO1. The molecule has 0 amide bonds. The van der Waals surface area contributed by atoms with Crippen molar-refractivity contribution in [3.05, 3.63) is 39.9 Å². The summed E-state index contributed by atoms with van der Waals surface area (Å²) in [6.45, 7) is 4.53. The number of carbonyl (C=O) groups is 1. The maximum Gasteiger partial charge on any atom is 0.270 e. The molecule has 1 unspecified atom stereocenters. The van der Waals surface area contributed by atoms with Crippen molar-refractivity contribution in [1.82, 2.24) is 4.90 Å². The molecule has 0 aliphatic carbocycles. The van der Waals surface area contributed by atoms with Crippen LogP contribution in [0.5, 0.6) is 0 Å². The van der Waals surface area contributed by atoms with E-state index < -0.39 is 4.92 Å². The average Bonchev–Trinajstić information content (AvgIpc) is 2.99. The van der Waals surface area contributed by atoms with Crippen LogP contribution in [0.2, 0.25) is 0 Å². The summed E-state index contributed by atoms with van der Waals surface area (Å²) >= 11 is 0. The van der Waals surface area contributed by atoms with E-state index in [-0.39, 0.29) is 24.1 Å². The Kier molecular flexibility index (Phi) is 5.41. The van der Waals surface area contributed by atoms with E-state index >= 15 is 0 Å². The summed E-state index contributed by atoms with van der Waals surface area (Å²) in [4.78, 5) is 24.5. The standard InChI is InChI=1S/C15H20N2O4/c1-2-16(10-14-7-4-8-21-14)11-15(18)12-5-3-6-13(9-12)17(19)20/h3,5-6,9,14H,2,4,7-8,10-11H2,1H3. The van der Waals surface area contributed by atoms with E-state index in [2.05, 4.69) is 0 Å². The van der Waals surface area contributed by atoms with Gasteiger partial charge < -0.3 is 4.74 Å². The summed E-state index contributed by atoms with van der Waals surface area (Å²) in [5, 5.41) is 10.8. The normalized spacial score (nSPS) is 18.1. The number of non-ortho nitro benzene ring substituents is 1. The molecule has 0 bridgehead atoms. The minimum Gasteiger partial charge on any atom is -0.377 e. The molecule has 21 heavy (non-hydrogen) atoms. The summed E-state index contributed by atoms with van der Waals surface area (Å²) in [6, 6.07) is 5.89. The van der Waals surface area contributed by atoms with E-state index in [4.69, 9.17) is 4.74 Å². The Morgan fingerprint density at radius 2 is 2.33 bits per heavy atom. The number of carbonyl (C=O) groups excluding carboxylic acids is 1. The van der Waals surface area contributed by atoms with E-state index in [0.29, 0.717) is 5.56 Å². The fourth-order valence-corrected chi connectivity index (χ4v) is 2.47. The van der Waals surface area contributed by atoms with Gasteiger partial charge in [0.05, 0.1) is 17.6 Å². The quantitative estimate of drug-likeness (QED) is 0.438. The Morgan fingerprint density at radius 3 is 2.95 bits per heavy atom. The van der Waals surface area contributed by atoms with Crippen LogP contribution in [0, 0.1) is 10.1 Å². The second-order valence-electron chi connectivity index (χ2n) is 5.19. The molecule has 6 heteroatoms. The number of rotatable bonds is 7. The minimum absolute atomic E-state index is 0.0528. The molecule has 1 atom stereocenters. The third kappa shape index (κ3) is 4.34. The first-order valence-electron chi connectivity index (χ1n) is 7.21. The van der Waals surface area contributed by atoms with Gasteiger partial charge in [-0.3, -0.25) is 19.8 Å². The molecular weight excluding hydrogens is 272 g/mol. The smallest absolute Gasteiger partial charge is 0.270 e. The van der Waals surface area contributed by atoms with Crippen LogP contribution < -0.4 is 0 Å². The molecule has 0 saturated carbocycles. The van der Waals surface area contributed by atoms with Crippen LogP contribution in [0.15, 0.2) is 24.3 Å². The van der Waals surface area contributed by atoms with E-state index in [9.17, 15) is 14.9 Å². The highest BCUT2D eigenvalue weighted by molar-refractivity contribution is 5.98. The number of hydrogen-bond acceptors (Lipinski definition) is 5. The number of likely N-dealkylation sites (N-methyl/N-ethyl adjacent to an activating group) is 1. The van der Waals surface area contributed by atoms with Crippen molar-refractivity contribution in [1.29, 1.82) is 0 Å². The molecule has 0 aromatic heterocycles. The van der Waals surface area contributed by atoms with Gasteiger partial charge in [-0.2, -0.15) is 0 Å². The molecule has 1 aromatic rings. The summed E-state index contributed by atoms with van der Waals surface area (Å²) in [5.74, 6) is -0.0986. The van der Waals surface area contributed by atoms with Crippen molar-refractivity contribution in [2.24, 2.45) is 0 Å². The fourth-order valence-electron chi connectivity index (χ4n) is 2.47. The molecule has 1 saturated heterocycles. The first-order valence-corrected chi connectivity index (χ1v) is 7.21. The number of ketones is 1. The number of nitrogens with zero attached hydrogens (tertiary/aromatic N) is 2. The van der Waals surface area contributed by atoms with Gasteiger partial charge >= 0.3 is 0 Å². The maximum atomic E-state index is 12.3. The van der Waals surface area contributed by atoms with Crippen LogP contribution in [-0.4, -0.2) is 48.0 Å². The third-order valence-electron chi connectivity index (χ3n) is 3.68. The topological polar surface area (TPSA) is 72.7 Å². The molecule has 1 aliphatic rings. The van der Waals surface area contributed by atoms with Crippen LogP contribution >= 0.6 is 0 Å². The van der Waals surface area contributed by atoms with Crippen LogP contribution in [0.3, 0.4) is 0 Å². The van der Waals surface area contributed by atoms with Crippen molar-refractivity contribution in [2.75, 3.05) is 26.2 Å². The molecule has 1 heterocycles. The van der Waals surface area contributed by atoms with Gasteiger partial charge in [-0.05, 0) is 19.4 Å². The Bertz CT molecular complexity index is 512. The van der Waals surface area contributed by atoms with E-state index in [1.54, 1.807) is 12.1 Å². The van der Waals surface area contributed by atoms with Crippen molar-refractivity contribution >= 4 is 11.5 Å². The van der Waals surface area contributed by atoms with Crippen LogP contribution in [0.1, 0.15) is 30.1 Å². The van der Waals surface area contributed by atoms with Gasteiger partial charge in [-0.25, -0.2) is 0 Å². The number of benzene rings is 1. The molecule has 114 valence electrons. The van der Waals surface area contributed by atoms with E-state index in [1.165, 1.54) is 12.1 Å². The highest BCUT2D eigenvalue weighted by Gasteiger charge is 2.20. The number of nitro groups is 1. The predicted molar refractivity (Wildman–Crippen MR) is 78.5 cm³/mol. The average molecular weight is 292 g/mol.